The number of nitrogens with zero attached hydrogens (tertiary/aromatic N) is 3. The highest BCUT2D eigenvalue weighted by atomic mass is 32.2. The van der Waals surface area contributed by atoms with Crippen molar-refractivity contribution in [3.05, 3.63) is 119 Å². The van der Waals surface area contributed by atoms with E-state index < -0.39 is 43.4 Å². The first-order valence-corrected chi connectivity index (χ1v) is 14.5. The summed E-state index contributed by atoms with van der Waals surface area (Å²) in [6.45, 7) is 3.33. The van der Waals surface area contributed by atoms with E-state index in [-0.39, 0.29) is 22.0 Å². The minimum absolute atomic E-state index is 0.101. The molecule has 0 unspecified atom stereocenters. The number of hydrogen-bond donors (Lipinski definition) is 0. The molecule has 39 heavy (non-hydrogen) atoms. The zero-order valence-electron chi connectivity index (χ0n) is 20.9. The Kier molecular flexibility index (Phi) is 8.17. The van der Waals surface area contributed by atoms with E-state index in [0.717, 1.165) is 5.56 Å². The summed E-state index contributed by atoms with van der Waals surface area (Å²) in [5.74, 6) is -2.02. The van der Waals surface area contributed by atoms with Crippen molar-refractivity contribution in [2.45, 2.75) is 24.5 Å². The Morgan fingerprint density at radius 1 is 0.821 bits per heavy atom. The molecule has 0 radical (unpaired) electrons. The van der Waals surface area contributed by atoms with Gasteiger partial charge in [-0.05, 0) is 31.5 Å². The van der Waals surface area contributed by atoms with Crippen molar-refractivity contribution >= 4 is 31.7 Å². The molecular weight excluding hydrogens is 542 g/mol. The van der Waals surface area contributed by atoms with Gasteiger partial charge in [0.2, 0.25) is 11.7 Å². The van der Waals surface area contributed by atoms with E-state index in [2.05, 4.69) is 15.1 Å². The molecule has 12 heteroatoms. The summed E-state index contributed by atoms with van der Waals surface area (Å²) in [4.78, 5) is 21.5. The molecule has 0 saturated heterocycles. The Labute approximate surface area is 226 Å². The first-order chi connectivity index (χ1) is 18.5. The van der Waals surface area contributed by atoms with Crippen LogP contribution in [-0.2, 0) is 30.3 Å². The van der Waals surface area contributed by atoms with Crippen LogP contribution in [0.3, 0.4) is 0 Å². The molecule has 1 heterocycles. The Bertz CT molecular complexity index is 1720. The van der Waals surface area contributed by atoms with E-state index in [4.69, 9.17) is 8.47 Å². The van der Waals surface area contributed by atoms with E-state index in [1.165, 1.54) is 37.3 Å². The van der Waals surface area contributed by atoms with Gasteiger partial charge >= 0.3 is 20.2 Å². The lowest BCUT2D eigenvalue weighted by Gasteiger charge is -2.10. The van der Waals surface area contributed by atoms with Crippen LogP contribution in [0, 0.1) is 13.8 Å². The number of carbonyl (C=O) groups is 1. The molecule has 4 aromatic rings. The Balaban J connectivity index is 1.71. The summed E-state index contributed by atoms with van der Waals surface area (Å²) in [7, 11) is -8.54. The Morgan fingerprint density at radius 2 is 1.44 bits per heavy atom. The smallest absolute Gasteiger partial charge is 0.340 e. The number of oxime groups is 1. The molecule has 0 fully saturated rings. The van der Waals surface area contributed by atoms with Crippen LogP contribution >= 0.6 is 0 Å². The second-order valence-electron chi connectivity index (χ2n) is 8.42. The van der Waals surface area contributed by atoms with Gasteiger partial charge in [-0.3, -0.25) is 9.08 Å². The van der Waals surface area contributed by atoms with Gasteiger partial charge in [-0.2, -0.15) is 21.8 Å². The molecule has 0 atom stereocenters. The molecule has 3 aromatic carbocycles. The van der Waals surface area contributed by atoms with Crippen LogP contribution in [0.4, 0.5) is 0 Å². The molecule has 10 nitrogen and oxygen atoms in total. The van der Waals surface area contributed by atoms with Crippen LogP contribution < -0.4 is 4.18 Å². The van der Waals surface area contributed by atoms with Crippen molar-refractivity contribution in [3.8, 4) is 5.88 Å². The molecule has 0 amide bonds. The lowest BCUT2D eigenvalue weighted by molar-refractivity contribution is 0.106. The molecule has 0 spiro atoms. The maximum atomic E-state index is 13.3. The summed E-state index contributed by atoms with van der Waals surface area (Å²) in [6, 6.07) is 23.4. The Morgan fingerprint density at radius 3 is 2.08 bits per heavy atom. The SMILES string of the molecule is Cc1ccc(S(=O)(=O)Oc2cc(C)nc(C(=NOS(=O)(=O)Cc3ccccc3)C(=O)c3ccccc3)n2)cc1. The van der Waals surface area contributed by atoms with Gasteiger partial charge in [0.15, 0.2) is 11.5 Å². The van der Waals surface area contributed by atoms with Crippen LogP contribution in [0.2, 0.25) is 0 Å². The predicted octanol–water partition coefficient (Wildman–Crippen LogP) is 3.99. The Hall–Kier alpha value is -4.42. The van der Waals surface area contributed by atoms with Crippen molar-refractivity contribution in [1.29, 1.82) is 0 Å². The standard InChI is InChI=1S/C27H23N3O7S2/c1-19-13-15-23(16-14-19)39(34,35)36-24-17-20(2)28-27(29-24)25(26(31)22-11-7-4-8-12-22)30-37-38(32,33)18-21-9-5-3-6-10-21/h3-17H,18H2,1-2H3. The first-order valence-electron chi connectivity index (χ1n) is 11.5. The van der Waals surface area contributed by atoms with Crippen molar-refractivity contribution in [3.63, 3.8) is 0 Å². The van der Waals surface area contributed by atoms with Crippen molar-refractivity contribution in [1.82, 2.24) is 9.97 Å². The zero-order valence-corrected chi connectivity index (χ0v) is 22.5. The van der Waals surface area contributed by atoms with Gasteiger partial charge in [-0.25, -0.2) is 4.98 Å². The van der Waals surface area contributed by atoms with Crippen LogP contribution in [0.25, 0.3) is 0 Å². The first kappa shape index (κ1) is 27.6. The quantitative estimate of drug-likeness (QED) is 0.121. The van der Waals surface area contributed by atoms with Crippen LogP contribution in [-0.4, -0.2) is 38.3 Å². The lowest BCUT2D eigenvalue weighted by Crippen LogP contribution is -2.22. The van der Waals surface area contributed by atoms with Crippen LogP contribution in [0.5, 0.6) is 5.88 Å². The van der Waals surface area contributed by atoms with E-state index in [9.17, 15) is 21.6 Å². The minimum atomic E-state index is -4.27. The second-order valence-corrected chi connectivity index (χ2v) is 11.5. The number of Topliss-reactive ketones (excluding diaryl/α,β-unsaturated/α-hetero) is 1. The van der Waals surface area contributed by atoms with Gasteiger partial charge in [0.1, 0.15) is 10.6 Å². The third kappa shape index (κ3) is 7.33. The highest BCUT2D eigenvalue weighted by Crippen LogP contribution is 2.19. The number of carbonyl (C=O) groups excluding carboxylic acids is 1. The molecule has 200 valence electrons. The predicted molar refractivity (Wildman–Crippen MR) is 143 cm³/mol. The average Bonchev–Trinajstić information content (AvgIpc) is 2.89. The fourth-order valence-corrected chi connectivity index (χ4v) is 5.08. The number of ketones is 1. The number of hydrogen-bond acceptors (Lipinski definition) is 10. The van der Waals surface area contributed by atoms with E-state index >= 15 is 0 Å². The largest absolute Gasteiger partial charge is 0.358 e. The fraction of sp³-hybridized carbons (Fsp3) is 0.111. The third-order valence-electron chi connectivity index (χ3n) is 5.23. The lowest BCUT2D eigenvalue weighted by atomic mass is 10.1. The van der Waals surface area contributed by atoms with Crippen LogP contribution in [0.1, 0.15) is 33.0 Å². The summed E-state index contributed by atoms with van der Waals surface area (Å²) in [5, 5.41) is 3.63. The van der Waals surface area contributed by atoms with Gasteiger partial charge in [0.05, 0.1) is 0 Å². The van der Waals surface area contributed by atoms with E-state index in [1.54, 1.807) is 60.7 Å². The van der Waals surface area contributed by atoms with E-state index in [0.29, 0.717) is 5.56 Å². The molecule has 0 aliphatic heterocycles. The summed E-state index contributed by atoms with van der Waals surface area (Å²) in [5.41, 5.74) is 1.14. The van der Waals surface area contributed by atoms with Gasteiger partial charge in [0, 0.05) is 17.3 Å². The molecule has 0 saturated carbocycles. The van der Waals surface area contributed by atoms with Crippen molar-refractivity contribution in [2.24, 2.45) is 5.16 Å². The molecule has 0 aliphatic carbocycles. The fourth-order valence-electron chi connectivity index (χ4n) is 3.36. The zero-order chi connectivity index (χ0) is 28.0. The van der Waals surface area contributed by atoms with Gasteiger partial charge < -0.3 is 4.18 Å². The molecule has 0 bridgehead atoms. The normalized spacial score (nSPS) is 12.1. The molecule has 0 N–H and O–H groups in total. The maximum Gasteiger partial charge on any atom is 0.340 e. The van der Waals surface area contributed by atoms with Crippen LogP contribution in [0.15, 0.2) is 101 Å². The van der Waals surface area contributed by atoms with Gasteiger partial charge in [0.25, 0.3) is 0 Å². The number of aryl methyl sites for hydroxylation is 2. The van der Waals surface area contributed by atoms with Gasteiger partial charge in [-0.15, -0.1) is 0 Å². The van der Waals surface area contributed by atoms with Crippen molar-refractivity contribution < 1.29 is 30.1 Å². The van der Waals surface area contributed by atoms with Gasteiger partial charge in [-0.1, -0.05) is 83.5 Å². The minimum Gasteiger partial charge on any atom is -0.358 e. The van der Waals surface area contributed by atoms with Crippen molar-refractivity contribution in [2.75, 3.05) is 0 Å². The average molecular weight is 566 g/mol. The topological polar surface area (TPSA) is 142 Å². The summed E-state index contributed by atoms with van der Waals surface area (Å²) < 4.78 is 60.9. The number of aromatic nitrogens is 2. The molecular formula is C27H23N3O7S2. The summed E-state index contributed by atoms with van der Waals surface area (Å²) in [6.07, 6.45) is 0. The molecule has 1 aromatic heterocycles. The molecule has 0 aliphatic rings. The second kappa shape index (κ2) is 11.5. The monoisotopic (exact) mass is 565 g/mol. The molecule has 4 rings (SSSR count). The maximum absolute atomic E-state index is 13.3. The highest BCUT2D eigenvalue weighted by Gasteiger charge is 2.25. The van der Waals surface area contributed by atoms with E-state index in [1.807, 2.05) is 6.92 Å². The highest BCUT2D eigenvalue weighted by molar-refractivity contribution is 7.87. The summed E-state index contributed by atoms with van der Waals surface area (Å²) >= 11 is 0. The number of rotatable bonds is 10. The number of benzene rings is 3. The third-order valence-corrected chi connectivity index (χ3v) is 7.45.